The fourth-order valence-electron chi connectivity index (χ4n) is 9.41. The number of nitrogens with one attached hydrogen (secondary N) is 4. The molecule has 2 aromatic rings. The number of carbonyl (C=O) groups excluding carboxylic acids is 8. The van der Waals surface area contributed by atoms with Crippen molar-refractivity contribution >= 4 is 65.3 Å². The molecular weight excluding hydrogens is 1030 g/mol. The summed E-state index contributed by atoms with van der Waals surface area (Å²) in [4.78, 5) is 110. The monoisotopic (exact) mass is 1110 g/mol. The van der Waals surface area contributed by atoms with Gasteiger partial charge in [0.05, 0.1) is 12.5 Å². The number of aliphatic hydroxyl groups is 2. The van der Waals surface area contributed by atoms with Crippen molar-refractivity contribution < 1.29 is 62.8 Å². The standard InChI is InChI=1S/C58H83N9O13/c1-37(2)52(63-48(69)16-9-8-10-28-67-49(70)25-26-50(67)71)55(74)62-46(15-12-27-60-56(59)75)54(73)61-43-21-19-41(20-22-43)36-78-57(76)65-29-31-66(32-30-65)58(77)79-47-24-18-39(4)53(80-51(72)35-45(68)23-17-38(47)3)40(5)33-42-13-11-14-44(34-42)64(6)7/h11,13-14,18-22,24-26,33-34,37-39,45-47,49,52-53,68,70H,8-10,12,15-17,23,27-32,35-36H2,1-7H3,(H,61,73)(H,62,74)(H,63,69)(H3,59,60,75)/b24-18+,40-33+/t38-,39-,45+,46-,47-,49?,52-,53-/m0/s1. The van der Waals surface area contributed by atoms with Crippen LogP contribution in [0.15, 0.2) is 78.4 Å². The third-order valence-electron chi connectivity index (χ3n) is 14.3. The molecule has 0 saturated carbocycles. The second kappa shape index (κ2) is 31.4. The summed E-state index contributed by atoms with van der Waals surface area (Å²) in [6, 6.07) is 11.8. The number of esters is 1. The van der Waals surface area contributed by atoms with Crippen LogP contribution in [0.4, 0.5) is 25.8 Å². The van der Waals surface area contributed by atoms with E-state index in [1.54, 1.807) is 43.0 Å². The smallest absolute Gasteiger partial charge is 0.410 e. The molecule has 8 N–H and O–H groups in total. The van der Waals surface area contributed by atoms with Gasteiger partial charge in [0.1, 0.15) is 37.1 Å². The first-order chi connectivity index (χ1) is 38.1. The van der Waals surface area contributed by atoms with Crippen molar-refractivity contribution in [3.8, 4) is 0 Å². The molecule has 0 aliphatic carbocycles. The molecule has 1 fully saturated rings. The molecule has 80 heavy (non-hydrogen) atoms. The molecule has 3 aliphatic rings. The van der Waals surface area contributed by atoms with Gasteiger partial charge in [-0.15, -0.1) is 0 Å². The molecule has 3 aliphatic heterocycles. The second-order valence-corrected chi connectivity index (χ2v) is 21.4. The van der Waals surface area contributed by atoms with E-state index in [0.717, 1.165) is 16.8 Å². The molecule has 22 nitrogen and oxygen atoms in total. The van der Waals surface area contributed by atoms with E-state index in [0.29, 0.717) is 56.3 Å². The zero-order valence-corrected chi connectivity index (χ0v) is 47.3. The Bertz CT molecular complexity index is 2530. The van der Waals surface area contributed by atoms with Crippen LogP contribution in [0.5, 0.6) is 0 Å². The molecule has 1 unspecified atom stereocenters. The highest BCUT2D eigenvalue weighted by atomic mass is 16.6. The number of cyclic esters (lactones) is 1. The Balaban J connectivity index is 1.10. The summed E-state index contributed by atoms with van der Waals surface area (Å²) >= 11 is 0. The van der Waals surface area contributed by atoms with Crippen LogP contribution in [0.1, 0.15) is 104 Å². The number of unbranched alkanes of at least 4 members (excludes halogenated alkanes) is 2. The number of rotatable bonds is 22. The lowest BCUT2D eigenvalue weighted by molar-refractivity contribution is -0.151. The molecule has 1 saturated heterocycles. The van der Waals surface area contributed by atoms with Gasteiger partial charge in [0.15, 0.2) is 0 Å². The maximum atomic E-state index is 13.7. The van der Waals surface area contributed by atoms with E-state index in [-0.39, 0.29) is 88.2 Å². The number of urea groups is 1. The number of nitrogens with two attached hydrogens (primary N) is 1. The topological polar surface area (TPSA) is 292 Å². The van der Waals surface area contributed by atoms with Gasteiger partial charge in [-0.05, 0) is 110 Å². The van der Waals surface area contributed by atoms with Crippen molar-refractivity contribution in [3.63, 3.8) is 0 Å². The summed E-state index contributed by atoms with van der Waals surface area (Å²) < 4.78 is 17.7. The van der Waals surface area contributed by atoms with Crippen LogP contribution in [-0.4, -0.2) is 163 Å². The summed E-state index contributed by atoms with van der Waals surface area (Å²) in [5, 5.41) is 31.5. The van der Waals surface area contributed by atoms with Gasteiger partial charge < -0.3 is 71.0 Å². The van der Waals surface area contributed by atoms with Crippen molar-refractivity contribution in [1.29, 1.82) is 0 Å². The van der Waals surface area contributed by atoms with Crippen LogP contribution < -0.4 is 31.9 Å². The lowest BCUT2D eigenvalue weighted by Crippen LogP contribution is -2.54. The third kappa shape index (κ3) is 20.3. The Labute approximate surface area is 469 Å². The van der Waals surface area contributed by atoms with Crippen LogP contribution in [-0.2, 0) is 44.8 Å². The number of hydrogen-bond acceptors (Lipinski definition) is 14. The number of nitrogens with zero attached hydrogens (tertiary/aromatic N) is 4. The number of piperazine rings is 1. The van der Waals surface area contributed by atoms with Gasteiger partial charge in [-0.25, -0.2) is 14.4 Å². The minimum absolute atomic E-state index is 0.0807. The largest absolute Gasteiger partial charge is 0.457 e. The van der Waals surface area contributed by atoms with E-state index < -0.39 is 72.6 Å². The minimum atomic E-state index is -1.06. The maximum absolute atomic E-state index is 13.7. The number of benzene rings is 2. The number of carbonyl (C=O) groups is 8. The SMILES string of the molecule is C/C(=C\c1cccc(N(C)C)c1)[C@H]1OC(=O)C[C@H](O)CC[C@H](C)[C@@H](OC(=O)N2CCN(C(=O)OCc3ccc(NC(=O)[C@H](CCCNC(N)=O)NC(=O)[C@@H](NC(=O)CCCCCN4C(=O)C=CC4O)C(C)C)cc3)CC2)/C=C/[C@@H]1C. The first-order valence-corrected chi connectivity index (χ1v) is 27.7. The predicted molar refractivity (Wildman–Crippen MR) is 301 cm³/mol. The van der Waals surface area contributed by atoms with Gasteiger partial charge in [0, 0.05) is 83.2 Å². The number of ether oxygens (including phenoxy) is 3. The first kappa shape index (κ1) is 63.4. The number of hydrogen-bond donors (Lipinski definition) is 7. The third-order valence-corrected chi connectivity index (χ3v) is 14.3. The van der Waals surface area contributed by atoms with Gasteiger partial charge in [-0.3, -0.25) is 24.0 Å². The van der Waals surface area contributed by atoms with E-state index in [1.165, 1.54) is 22.0 Å². The summed E-state index contributed by atoms with van der Waals surface area (Å²) in [6.45, 7) is 10.5. The molecule has 0 radical (unpaired) electrons. The molecule has 5 rings (SSSR count). The minimum Gasteiger partial charge on any atom is -0.457 e. The summed E-state index contributed by atoms with van der Waals surface area (Å²) in [5.41, 5.74) is 9.02. The fourth-order valence-corrected chi connectivity index (χ4v) is 9.41. The van der Waals surface area contributed by atoms with Crippen LogP contribution in [0, 0.1) is 17.8 Å². The van der Waals surface area contributed by atoms with Gasteiger partial charge in [0.25, 0.3) is 0 Å². The Morgan fingerprint density at radius 2 is 1.56 bits per heavy atom. The predicted octanol–water partition coefficient (Wildman–Crippen LogP) is 5.19. The molecule has 22 heteroatoms. The van der Waals surface area contributed by atoms with Gasteiger partial charge in [-0.2, -0.15) is 0 Å². The number of anilines is 2. The maximum Gasteiger partial charge on any atom is 0.410 e. The van der Waals surface area contributed by atoms with Gasteiger partial charge >= 0.3 is 24.2 Å². The summed E-state index contributed by atoms with van der Waals surface area (Å²) in [7, 11) is 3.92. The number of aliphatic hydroxyl groups excluding tert-OH is 2. The Morgan fingerprint density at radius 1 is 0.863 bits per heavy atom. The Kier molecular flexibility index (Phi) is 24.8. The van der Waals surface area contributed by atoms with Crippen molar-refractivity contribution in [1.82, 2.24) is 30.7 Å². The normalized spacial score (nSPS) is 22.0. The molecule has 438 valence electrons. The summed E-state index contributed by atoms with van der Waals surface area (Å²) in [6.07, 6.45) is 7.02. The highest BCUT2D eigenvalue weighted by Gasteiger charge is 2.32. The highest BCUT2D eigenvalue weighted by Crippen LogP contribution is 2.27. The van der Waals surface area contributed by atoms with E-state index in [1.807, 2.05) is 82.3 Å². The molecule has 8 amide bonds. The van der Waals surface area contributed by atoms with Crippen molar-refractivity contribution in [2.75, 3.05) is 63.6 Å². The summed E-state index contributed by atoms with van der Waals surface area (Å²) in [5.74, 6) is -3.06. The fraction of sp³-hybridized carbons (Fsp3) is 0.552. The van der Waals surface area contributed by atoms with Crippen LogP contribution in [0.2, 0.25) is 0 Å². The zero-order valence-electron chi connectivity index (χ0n) is 47.3. The molecule has 2 aromatic carbocycles. The Hall–Kier alpha value is -7.46. The van der Waals surface area contributed by atoms with Crippen molar-refractivity contribution in [3.05, 3.63) is 89.5 Å². The molecule has 8 atom stereocenters. The van der Waals surface area contributed by atoms with Crippen LogP contribution in [0.3, 0.4) is 0 Å². The van der Waals surface area contributed by atoms with E-state index >= 15 is 0 Å². The highest BCUT2D eigenvalue weighted by molar-refractivity contribution is 5.98. The average Bonchev–Trinajstić information content (AvgIpc) is 3.76. The lowest BCUT2D eigenvalue weighted by Gasteiger charge is -2.35. The molecule has 3 heterocycles. The Morgan fingerprint density at radius 3 is 2.21 bits per heavy atom. The number of amides is 8. The average molecular weight is 1110 g/mol. The van der Waals surface area contributed by atoms with Crippen LogP contribution in [0.25, 0.3) is 6.08 Å². The number of primary amides is 1. The lowest BCUT2D eigenvalue weighted by atomic mass is 9.91. The second-order valence-electron chi connectivity index (χ2n) is 21.4. The molecular formula is C58H83N9O13. The molecule has 0 aromatic heterocycles. The molecule has 0 bridgehead atoms. The van der Waals surface area contributed by atoms with Gasteiger partial charge in [0.2, 0.25) is 23.6 Å². The zero-order chi connectivity index (χ0) is 58.5. The van der Waals surface area contributed by atoms with E-state index in [2.05, 4.69) is 21.3 Å². The molecule has 0 spiro atoms. The van der Waals surface area contributed by atoms with Crippen molar-refractivity contribution in [2.24, 2.45) is 23.5 Å². The quantitative estimate of drug-likeness (QED) is 0.0346. The van der Waals surface area contributed by atoms with Crippen molar-refractivity contribution in [2.45, 2.75) is 136 Å². The first-order valence-electron chi connectivity index (χ1n) is 27.7. The van der Waals surface area contributed by atoms with E-state index in [9.17, 15) is 48.6 Å². The van der Waals surface area contributed by atoms with E-state index in [4.69, 9.17) is 19.9 Å². The van der Waals surface area contributed by atoms with Crippen LogP contribution >= 0.6 is 0 Å². The van der Waals surface area contributed by atoms with Gasteiger partial charge in [-0.1, -0.05) is 70.5 Å².